The van der Waals surface area contributed by atoms with Crippen molar-refractivity contribution in [3.05, 3.63) is 0 Å². The van der Waals surface area contributed by atoms with E-state index in [1.54, 1.807) is 7.11 Å². The lowest BCUT2D eigenvalue weighted by Gasteiger charge is -2.11. The fraction of sp³-hybridized carbons (Fsp3) is 1.00. The SMILES string of the molecule is COCCCS(=O)(=O)NC1CCNC1. The number of ether oxygens (including phenoxy) is 1. The Labute approximate surface area is 85.3 Å². The molecule has 14 heavy (non-hydrogen) atoms. The zero-order valence-electron chi connectivity index (χ0n) is 8.45. The molecular formula is C8H18N2O3S. The summed E-state index contributed by atoms with van der Waals surface area (Å²) in [4.78, 5) is 0. The molecule has 1 aliphatic rings. The van der Waals surface area contributed by atoms with Crippen LogP contribution in [0.2, 0.25) is 0 Å². The van der Waals surface area contributed by atoms with Crippen LogP contribution in [0.15, 0.2) is 0 Å². The Morgan fingerprint density at radius 2 is 2.36 bits per heavy atom. The van der Waals surface area contributed by atoms with Gasteiger partial charge in [0.15, 0.2) is 0 Å². The van der Waals surface area contributed by atoms with Crippen molar-refractivity contribution in [3.63, 3.8) is 0 Å². The first-order chi connectivity index (χ1) is 6.64. The van der Waals surface area contributed by atoms with Gasteiger partial charge >= 0.3 is 0 Å². The third kappa shape index (κ3) is 4.36. The topological polar surface area (TPSA) is 67.4 Å². The van der Waals surface area contributed by atoms with Gasteiger partial charge in [-0.15, -0.1) is 0 Å². The van der Waals surface area contributed by atoms with E-state index in [4.69, 9.17) is 4.74 Å². The van der Waals surface area contributed by atoms with Gasteiger partial charge in [-0.05, 0) is 19.4 Å². The van der Waals surface area contributed by atoms with Gasteiger partial charge in [-0.3, -0.25) is 0 Å². The zero-order chi connectivity index (χ0) is 10.4. The maximum Gasteiger partial charge on any atom is 0.211 e. The van der Waals surface area contributed by atoms with E-state index in [1.165, 1.54) is 0 Å². The van der Waals surface area contributed by atoms with Crippen LogP contribution in [-0.2, 0) is 14.8 Å². The van der Waals surface area contributed by atoms with Crippen LogP contribution in [0.5, 0.6) is 0 Å². The molecule has 1 unspecified atom stereocenters. The first-order valence-corrected chi connectivity index (χ1v) is 6.49. The molecular weight excluding hydrogens is 204 g/mol. The molecule has 84 valence electrons. The van der Waals surface area contributed by atoms with Gasteiger partial charge in [0.25, 0.3) is 0 Å². The van der Waals surface area contributed by atoms with E-state index >= 15 is 0 Å². The van der Waals surface area contributed by atoms with Crippen molar-refractivity contribution in [2.75, 3.05) is 32.6 Å². The van der Waals surface area contributed by atoms with Gasteiger partial charge in [0.1, 0.15) is 0 Å². The van der Waals surface area contributed by atoms with Crippen LogP contribution in [0.1, 0.15) is 12.8 Å². The van der Waals surface area contributed by atoms with Gasteiger partial charge in [0.2, 0.25) is 10.0 Å². The van der Waals surface area contributed by atoms with E-state index in [2.05, 4.69) is 10.0 Å². The molecule has 1 atom stereocenters. The highest BCUT2D eigenvalue weighted by atomic mass is 32.2. The highest BCUT2D eigenvalue weighted by molar-refractivity contribution is 7.89. The second-order valence-electron chi connectivity index (χ2n) is 3.47. The van der Waals surface area contributed by atoms with Crippen LogP contribution < -0.4 is 10.0 Å². The van der Waals surface area contributed by atoms with Gasteiger partial charge < -0.3 is 10.1 Å². The van der Waals surface area contributed by atoms with Gasteiger partial charge in [0, 0.05) is 26.3 Å². The van der Waals surface area contributed by atoms with Crippen LogP contribution in [0.3, 0.4) is 0 Å². The summed E-state index contributed by atoms with van der Waals surface area (Å²) in [5.41, 5.74) is 0. The molecule has 0 amide bonds. The second-order valence-corrected chi connectivity index (χ2v) is 5.35. The highest BCUT2D eigenvalue weighted by Gasteiger charge is 2.20. The maximum absolute atomic E-state index is 11.5. The number of rotatable bonds is 6. The quantitative estimate of drug-likeness (QED) is 0.583. The minimum atomic E-state index is -3.11. The average molecular weight is 222 g/mol. The van der Waals surface area contributed by atoms with Gasteiger partial charge in [-0.25, -0.2) is 13.1 Å². The zero-order valence-corrected chi connectivity index (χ0v) is 9.27. The predicted molar refractivity (Wildman–Crippen MR) is 54.7 cm³/mol. The lowest BCUT2D eigenvalue weighted by atomic mass is 10.3. The Bertz CT molecular complexity index is 247. The number of nitrogens with one attached hydrogen (secondary N) is 2. The summed E-state index contributed by atoms with van der Waals surface area (Å²) in [5.74, 6) is 0.150. The molecule has 1 saturated heterocycles. The Kier molecular flexibility index (Phi) is 4.80. The second kappa shape index (κ2) is 5.65. The van der Waals surface area contributed by atoms with Crippen LogP contribution >= 0.6 is 0 Å². The third-order valence-corrected chi connectivity index (χ3v) is 3.69. The largest absolute Gasteiger partial charge is 0.385 e. The lowest BCUT2D eigenvalue weighted by molar-refractivity contribution is 0.199. The summed E-state index contributed by atoms with van der Waals surface area (Å²) in [5, 5.41) is 3.11. The molecule has 0 radical (unpaired) electrons. The molecule has 2 N–H and O–H groups in total. The van der Waals surface area contributed by atoms with E-state index in [0.29, 0.717) is 13.0 Å². The van der Waals surface area contributed by atoms with E-state index in [1.807, 2.05) is 0 Å². The Balaban J connectivity index is 2.26. The van der Waals surface area contributed by atoms with Crippen molar-refractivity contribution < 1.29 is 13.2 Å². The predicted octanol–water partition coefficient (Wildman–Crippen LogP) is -0.696. The fourth-order valence-corrected chi connectivity index (χ4v) is 2.79. The number of hydrogen-bond acceptors (Lipinski definition) is 4. The first kappa shape index (κ1) is 11.9. The Hall–Kier alpha value is -0.170. The van der Waals surface area contributed by atoms with Crippen LogP contribution in [0.4, 0.5) is 0 Å². The van der Waals surface area contributed by atoms with Crippen LogP contribution in [0.25, 0.3) is 0 Å². The molecule has 1 fully saturated rings. The summed E-state index contributed by atoms with van der Waals surface area (Å²) in [6.07, 6.45) is 1.43. The van der Waals surface area contributed by atoms with Gasteiger partial charge in [0.05, 0.1) is 5.75 Å². The Morgan fingerprint density at radius 1 is 1.57 bits per heavy atom. The number of methoxy groups -OCH3 is 1. The standard InChI is InChI=1S/C8H18N2O3S/c1-13-5-2-6-14(11,12)10-8-3-4-9-7-8/h8-10H,2-7H2,1H3. The van der Waals surface area contributed by atoms with E-state index in [-0.39, 0.29) is 11.8 Å². The van der Waals surface area contributed by atoms with Gasteiger partial charge in [-0.1, -0.05) is 0 Å². The van der Waals surface area contributed by atoms with E-state index < -0.39 is 10.0 Å². The lowest BCUT2D eigenvalue weighted by Crippen LogP contribution is -2.37. The molecule has 1 rings (SSSR count). The molecule has 5 nitrogen and oxygen atoms in total. The summed E-state index contributed by atoms with van der Waals surface area (Å²) in [6.45, 7) is 2.12. The highest BCUT2D eigenvalue weighted by Crippen LogP contribution is 2.00. The molecule has 1 aliphatic heterocycles. The minimum absolute atomic E-state index is 0.0718. The smallest absolute Gasteiger partial charge is 0.211 e. The molecule has 6 heteroatoms. The third-order valence-electron chi connectivity index (χ3n) is 2.17. The fourth-order valence-electron chi connectivity index (χ4n) is 1.46. The van der Waals surface area contributed by atoms with Crippen LogP contribution in [-0.4, -0.2) is 47.0 Å². The summed E-state index contributed by atoms with van der Waals surface area (Å²) in [7, 11) is -1.54. The van der Waals surface area contributed by atoms with Crippen molar-refractivity contribution in [2.45, 2.75) is 18.9 Å². The van der Waals surface area contributed by atoms with Crippen LogP contribution in [0, 0.1) is 0 Å². The van der Waals surface area contributed by atoms with E-state index in [0.717, 1.165) is 19.5 Å². The molecule has 0 saturated carbocycles. The molecule has 1 heterocycles. The summed E-state index contributed by atoms with van der Waals surface area (Å²) < 4.78 is 30.4. The minimum Gasteiger partial charge on any atom is -0.385 e. The van der Waals surface area contributed by atoms with Crippen molar-refractivity contribution in [1.29, 1.82) is 0 Å². The van der Waals surface area contributed by atoms with Gasteiger partial charge in [-0.2, -0.15) is 0 Å². The summed E-state index contributed by atoms with van der Waals surface area (Å²) >= 11 is 0. The monoisotopic (exact) mass is 222 g/mol. The molecule has 0 aromatic heterocycles. The van der Waals surface area contributed by atoms with Crippen molar-refractivity contribution in [3.8, 4) is 0 Å². The average Bonchev–Trinajstić information content (AvgIpc) is 2.56. The maximum atomic E-state index is 11.5. The first-order valence-electron chi connectivity index (χ1n) is 4.84. The normalized spacial score (nSPS) is 22.8. The molecule has 0 aromatic rings. The summed E-state index contributed by atoms with van der Waals surface area (Å²) in [6, 6.07) is 0.0718. The Morgan fingerprint density at radius 3 is 2.93 bits per heavy atom. The molecule has 0 aliphatic carbocycles. The molecule has 0 bridgehead atoms. The number of hydrogen-bond donors (Lipinski definition) is 2. The molecule has 0 aromatic carbocycles. The van der Waals surface area contributed by atoms with Crippen molar-refractivity contribution in [1.82, 2.24) is 10.0 Å². The number of sulfonamides is 1. The van der Waals surface area contributed by atoms with Crippen molar-refractivity contribution in [2.24, 2.45) is 0 Å². The molecule has 0 spiro atoms. The van der Waals surface area contributed by atoms with Crippen molar-refractivity contribution >= 4 is 10.0 Å². The van der Waals surface area contributed by atoms with E-state index in [9.17, 15) is 8.42 Å².